The molecule has 13 heavy (non-hydrogen) atoms. The van der Waals surface area contributed by atoms with E-state index in [1.807, 2.05) is 6.07 Å². The molecule has 0 saturated heterocycles. The summed E-state index contributed by atoms with van der Waals surface area (Å²) in [4.78, 5) is 0. The lowest BCUT2D eigenvalue weighted by Gasteiger charge is -2.14. The van der Waals surface area contributed by atoms with Crippen LogP contribution in [0.3, 0.4) is 0 Å². The van der Waals surface area contributed by atoms with Crippen LogP contribution in [0.4, 0.5) is 0 Å². The second-order valence-corrected chi connectivity index (χ2v) is 3.41. The summed E-state index contributed by atoms with van der Waals surface area (Å²) < 4.78 is 5.05. The van der Waals surface area contributed by atoms with E-state index in [1.54, 1.807) is 6.26 Å². The molecule has 0 saturated carbocycles. The highest BCUT2D eigenvalue weighted by molar-refractivity contribution is 6.29. The third kappa shape index (κ3) is 2.75. The molecule has 1 aromatic rings. The highest BCUT2D eigenvalue weighted by Crippen LogP contribution is 2.25. The number of rotatable bonds is 5. The molecule has 0 bridgehead atoms. The predicted octanol–water partition coefficient (Wildman–Crippen LogP) is 3.38. The Labute approximate surface area is 84.3 Å². The fourth-order valence-corrected chi connectivity index (χ4v) is 1.59. The van der Waals surface area contributed by atoms with Gasteiger partial charge in [-0.3, -0.25) is 0 Å². The van der Waals surface area contributed by atoms with Crippen molar-refractivity contribution in [1.82, 2.24) is 5.32 Å². The van der Waals surface area contributed by atoms with Gasteiger partial charge < -0.3 is 9.73 Å². The Hall–Kier alpha value is -0.470. The first-order valence-electron chi connectivity index (χ1n) is 4.75. The molecule has 0 spiro atoms. The lowest BCUT2D eigenvalue weighted by atomic mass is 10.1. The molecule has 3 heteroatoms. The Morgan fingerprint density at radius 2 is 2.31 bits per heavy atom. The minimum atomic E-state index is 0.325. The standard InChI is InChI=1S/C10H16ClNO/c1-3-6-12-9(4-2)8-5-7-13-10(8)11/h5,7,9,12H,3-4,6H2,1-2H3. The van der Waals surface area contributed by atoms with Crippen molar-refractivity contribution in [2.24, 2.45) is 0 Å². The molecule has 0 aliphatic carbocycles. The average molecular weight is 202 g/mol. The number of furan rings is 1. The highest BCUT2D eigenvalue weighted by atomic mass is 35.5. The van der Waals surface area contributed by atoms with Crippen molar-refractivity contribution in [3.8, 4) is 0 Å². The summed E-state index contributed by atoms with van der Waals surface area (Å²) in [5, 5.41) is 3.93. The van der Waals surface area contributed by atoms with E-state index in [4.69, 9.17) is 16.0 Å². The molecule has 0 amide bonds. The first-order valence-corrected chi connectivity index (χ1v) is 5.13. The normalized spacial score (nSPS) is 13.2. The second-order valence-electron chi connectivity index (χ2n) is 3.06. The zero-order valence-corrected chi connectivity index (χ0v) is 8.90. The molecule has 0 aliphatic heterocycles. The van der Waals surface area contributed by atoms with Crippen molar-refractivity contribution in [2.45, 2.75) is 32.7 Å². The summed E-state index contributed by atoms with van der Waals surface area (Å²) in [6.07, 6.45) is 3.79. The van der Waals surface area contributed by atoms with Crippen LogP contribution < -0.4 is 5.32 Å². The van der Waals surface area contributed by atoms with Gasteiger partial charge >= 0.3 is 0 Å². The van der Waals surface area contributed by atoms with Gasteiger partial charge in [0.25, 0.3) is 0 Å². The van der Waals surface area contributed by atoms with Gasteiger partial charge in [-0.1, -0.05) is 13.8 Å². The zero-order chi connectivity index (χ0) is 9.68. The highest BCUT2D eigenvalue weighted by Gasteiger charge is 2.13. The van der Waals surface area contributed by atoms with Gasteiger partial charge in [0.05, 0.1) is 6.26 Å². The molecular weight excluding hydrogens is 186 g/mol. The van der Waals surface area contributed by atoms with Crippen molar-refractivity contribution in [3.05, 3.63) is 23.1 Å². The lowest BCUT2D eigenvalue weighted by Crippen LogP contribution is -2.21. The Kier molecular flexibility index (Phi) is 4.33. The molecule has 74 valence electrons. The largest absolute Gasteiger partial charge is 0.453 e. The Morgan fingerprint density at radius 3 is 2.77 bits per heavy atom. The van der Waals surface area contributed by atoms with Crippen LogP contribution in [0.2, 0.25) is 5.22 Å². The minimum absolute atomic E-state index is 0.325. The van der Waals surface area contributed by atoms with E-state index in [2.05, 4.69) is 19.2 Å². The van der Waals surface area contributed by atoms with Crippen molar-refractivity contribution < 1.29 is 4.42 Å². The van der Waals surface area contributed by atoms with Crippen LogP contribution in [0, 0.1) is 0 Å². The maximum Gasteiger partial charge on any atom is 0.197 e. The molecule has 1 heterocycles. The van der Waals surface area contributed by atoms with Gasteiger partial charge in [-0.2, -0.15) is 0 Å². The number of hydrogen-bond acceptors (Lipinski definition) is 2. The Morgan fingerprint density at radius 1 is 1.54 bits per heavy atom. The van der Waals surface area contributed by atoms with Gasteiger partial charge in [-0.15, -0.1) is 0 Å². The van der Waals surface area contributed by atoms with Crippen LogP contribution >= 0.6 is 11.6 Å². The third-order valence-corrected chi connectivity index (χ3v) is 2.38. The summed E-state index contributed by atoms with van der Waals surface area (Å²) in [6.45, 7) is 5.30. The molecule has 0 radical (unpaired) electrons. The van der Waals surface area contributed by atoms with Gasteiger partial charge in [0.15, 0.2) is 5.22 Å². The molecule has 1 unspecified atom stereocenters. The van der Waals surface area contributed by atoms with E-state index in [-0.39, 0.29) is 0 Å². The molecule has 0 aromatic carbocycles. The maximum atomic E-state index is 5.89. The van der Waals surface area contributed by atoms with E-state index < -0.39 is 0 Å². The first kappa shape index (κ1) is 10.6. The molecule has 0 aliphatic rings. The molecule has 2 nitrogen and oxygen atoms in total. The summed E-state index contributed by atoms with van der Waals surface area (Å²) in [5.41, 5.74) is 1.07. The Bertz CT molecular complexity index is 247. The topological polar surface area (TPSA) is 25.2 Å². The molecule has 1 N–H and O–H groups in total. The SMILES string of the molecule is CCCNC(CC)c1ccoc1Cl. The van der Waals surface area contributed by atoms with Crippen LogP contribution in [0.25, 0.3) is 0 Å². The van der Waals surface area contributed by atoms with Crippen molar-refractivity contribution in [2.75, 3.05) is 6.54 Å². The predicted molar refractivity (Wildman–Crippen MR) is 55.0 cm³/mol. The zero-order valence-electron chi connectivity index (χ0n) is 8.14. The van der Waals surface area contributed by atoms with Crippen LogP contribution in [-0.2, 0) is 0 Å². The molecule has 1 rings (SSSR count). The second kappa shape index (κ2) is 5.30. The van der Waals surface area contributed by atoms with Crippen molar-refractivity contribution in [3.63, 3.8) is 0 Å². The van der Waals surface area contributed by atoms with Crippen LogP contribution in [0.5, 0.6) is 0 Å². The van der Waals surface area contributed by atoms with Gasteiger partial charge in [0.2, 0.25) is 0 Å². The number of halogens is 1. The smallest absolute Gasteiger partial charge is 0.197 e. The molecule has 0 fully saturated rings. The van der Waals surface area contributed by atoms with E-state index in [1.165, 1.54) is 0 Å². The van der Waals surface area contributed by atoms with Gasteiger partial charge in [-0.05, 0) is 37.1 Å². The van der Waals surface area contributed by atoms with E-state index >= 15 is 0 Å². The molecule has 1 aromatic heterocycles. The fraction of sp³-hybridized carbons (Fsp3) is 0.600. The van der Waals surface area contributed by atoms with Gasteiger partial charge in [0.1, 0.15) is 0 Å². The summed E-state index contributed by atoms with van der Waals surface area (Å²) >= 11 is 5.89. The minimum Gasteiger partial charge on any atom is -0.453 e. The van der Waals surface area contributed by atoms with Crippen molar-refractivity contribution >= 4 is 11.6 Å². The first-order chi connectivity index (χ1) is 6.29. The molecular formula is C10H16ClNO. The lowest BCUT2D eigenvalue weighted by molar-refractivity contribution is 0.505. The summed E-state index contributed by atoms with van der Waals surface area (Å²) in [5.74, 6) is 0. The number of nitrogens with one attached hydrogen (secondary N) is 1. The summed E-state index contributed by atoms with van der Waals surface area (Å²) in [7, 11) is 0. The third-order valence-electron chi connectivity index (χ3n) is 2.07. The molecule has 1 atom stereocenters. The van der Waals surface area contributed by atoms with E-state index in [0.717, 1.165) is 24.9 Å². The van der Waals surface area contributed by atoms with Gasteiger partial charge in [0, 0.05) is 11.6 Å². The summed E-state index contributed by atoms with van der Waals surface area (Å²) in [6, 6.07) is 2.25. The van der Waals surface area contributed by atoms with E-state index in [0.29, 0.717) is 11.3 Å². The maximum absolute atomic E-state index is 5.89. The van der Waals surface area contributed by atoms with Crippen LogP contribution in [0.15, 0.2) is 16.7 Å². The van der Waals surface area contributed by atoms with Gasteiger partial charge in [-0.25, -0.2) is 0 Å². The van der Waals surface area contributed by atoms with Crippen LogP contribution in [-0.4, -0.2) is 6.54 Å². The fourth-order valence-electron chi connectivity index (χ4n) is 1.35. The monoisotopic (exact) mass is 201 g/mol. The number of hydrogen-bond donors (Lipinski definition) is 1. The quantitative estimate of drug-likeness (QED) is 0.790. The van der Waals surface area contributed by atoms with Crippen molar-refractivity contribution in [1.29, 1.82) is 0 Å². The van der Waals surface area contributed by atoms with Crippen LogP contribution in [0.1, 0.15) is 38.3 Å². The van der Waals surface area contributed by atoms with E-state index in [9.17, 15) is 0 Å². The Balaban J connectivity index is 2.61. The average Bonchev–Trinajstić information content (AvgIpc) is 2.54.